The van der Waals surface area contributed by atoms with Gasteiger partial charge in [0.05, 0.1) is 12.8 Å². The van der Waals surface area contributed by atoms with Crippen LogP contribution in [-0.2, 0) is 0 Å². The number of rotatable bonds is 4. The minimum atomic E-state index is -0.537. The van der Waals surface area contributed by atoms with E-state index in [4.69, 9.17) is 4.74 Å². The number of H-pyrrole nitrogens is 1. The molecule has 0 amide bonds. The van der Waals surface area contributed by atoms with E-state index in [1.165, 1.54) is 12.1 Å². The van der Waals surface area contributed by atoms with Gasteiger partial charge in [-0.2, -0.15) is 5.26 Å². The zero-order chi connectivity index (χ0) is 17.8. The SMILES string of the molecule is COc1ccc(-c2nc(Nc3ccc(O)cc3)[nH]c(=O)c2C#N)cc1. The molecule has 7 heteroatoms. The van der Waals surface area contributed by atoms with E-state index in [2.05, 4.69) is 15.3 Å². The molecule has 3 N–H and O–H groups in total. The van der Waals surface area contributed by atoms with Gasteiger partial charge in [-0.3, -0.25) is 9.78 Å². The van der Waals surface area contributed by atoms with Crippen LogP contribution >= 0.6 is 0 Å². The lowest BCUT2D eigenvalue weighted by molar-refractivity contribution is 0.415. The van der Waals surface area contributed by atoms with E-state index in [1.54, 1.807) is 43.5 Å². The number of phenolic OH excluding ortho intramolecular Hbond substituents is 1. The Balaban J connectivity index is 2.04. The lowest BCUT2D eigenvalue weighted by Gasteiger charge is -2.09. The van der Waals surface area contributed by atoms with Crippen molar-refractivity contribution in [2.75, 3.05) is 12.4 Å². The maximum Gasteiger partial charge on any atom is 0.270 e. The van der Waals surface area contributed by atoms with Crippen LogP contribution in [0.4, 0.5) is 11.6 Å². The molecule has 0 aliphatic rings. The molecule has 3 rings (SSSR count). The Morgan fingerprint density at radius 2 is 1.84 bits per heavy atom. The molecule has 0 radical (unpaired) electrons. The third-order valence-electron chi connectivity index (χ3n) is 3.52. The smallest absolute Gasteiger partial charge is 0.270 e. The van der Waals surface area contributed by atoms with E-state index in [1.807, 2.05) is 6.07 Å². The van der Waals surface area contributed by atoms with Crippen LogP contribution < -0.4 is 15.6 Å². The predicted octanol–water partition coefficient (Wildman–Crippen LogP) is 2.77. The van der Waals surface area contributed by atoms with Crippen LogP contribution in [0.25, 0.3) is 11.3 Å². The van der Waals surface area contributed by atoms with E-state index >= 15 is 0 Å². The van der Waals surface area contributed by atoms with Gasteiger partial charge in [-0.15, -0.1) is 0 Å². The fraction of sp³-hybridized carbons (Fsp3) is 0.0556. The second-order valence-electron chi connectivity index (χ2n) is 5.15. The monoisotopic (exact) mass is 334 g/mol. The standard InChI is InChI=1S/C18H14N4O3/c1-25-14-8-2-11(3-9-14)16-15(10-19)17(24)22-18(21-16)20-12-4-6-13(23)7-5-12/h2-9,23H,1H3,(H2,20,21,22,24). The average molecular weight is 334 g/mol. The van der Waals surface area contributed by atoms with E-state index < -0.39 is 5.56 Å². The van der Waals surface area contributed by atoms with Crippen LogP contribution in [0, 0.1) is 11.3 Å². The fourth-order valence-corrected chi connectivity index (χ4v) is 2.28. The van der Waals surface area contributed by atoms with Gasteiger partial charge in [-0.1, -0.05) is 0 Å². The van der Waals surface area contributed by atoms with E-state index in [0.717, 1.165) is 0 Å². The maximum atomic E-state index is 12.2. The lowest BCUT2D eigenvalue weighted by atomic mass is 10.1. The highest BCUT2D eigenvalue weighted by atomic mass is 16.5. The molecule has 0 aliphatic carbocycles. The lowest BCUT2D eigenvalue weighted by Crippen LogP contribution is -2.16. The van der Waals surface area contributed by atoms with Crippen LogP contribution in [0.1, 0.15) is 5.56 Å². The number of ether oxygens (including phenoxy) is 1. The highest BCUT2D eigenvalue weighted by Gasteiger charge is 2.13. The molecule has 0 bridgehead atoms. The summed E-state index contributed by atoms with van der Waals surface area (Å²) in [5.74, 6) is 0.987. The van der Waals surface area contributed by atoms with Crippen LogP contribution in [-0.4, -0.2) is 22.2 Å². The van der Waals surface area contributed by atoms with Crippen molar-refractivity contribution in [1.29, 1.82) is 5.26 Å². The number of benzene rings is 2. The van der Waals surface area contributed by atoms with Gasteiger partial charge in [-0.05, 0) is 48.5 Å². The molecule has 1 heterocycles. The molecule has 0 unspecified atom stereocenters. The Morgan fingerprint density at radius 1 is 1.16 bits per heavy atom. The van der Waals surface area contributed by atoms with Crippen molar-refractivity contribution < 1.29 is 9.84 Å². The molecular formula is C18H14N4O3. The molecule has 0 fully saturated rings. The van der Waals surface area contributed by atoms with Crippen molar-refractivity contribution in [2.45, 2.75) is 0 Å². The van der Waals surface area contributed by atoms with Crippen LogP contribution in [0.15, 0.2) is 53.3 Å². The van der Waals surface area contributed by atoms with E-state index in [-0.39, 0.29) is 23.0 Å². The summed E-state index contributed by atoms with van der Waals surface area (Å²) in [5, 5.41) is 21.6. The average Bonchev–Trinajstić information content (AvgIpc) is 2.63. The van der Waals surface area contributed by atoms with Crippen molar-refractivity contribution in [3.63, 3.8) is 0 Å². The summed E-state index contributed by atoms with van der Waals surface area (Å²) in [5.41, 5.74) is 0.921. The molecule has 0 spiro atoms. The summed E-state index contributed by atoms with van der Waals surface area (Å²) in [7, 11) is 1.56. The molecule has 2 aromatic carbocycles. The first-order valence-corrected chi connectivity index (χ1v) is 7.35. The van der Waals surface area contributed by atoms with Gasteiger partial charge in [0.15, 0.2) is 0 Å². The summed E-state index contributed by atoms with van der Waals surface area (Å²) in [6, 6.07) is 15.1. The molecule has 0 atom stereocenters. The number of hydrogen-bond donors (Lipinski definition) is 3. The second-order valence-corrected chi connectivity index (χ2v) is 5.15. The molecular weight excluding hydrogens is 320 g/mol. The molecule has 1 aromatic heterocycles. The summed E-state index contributed by atoms with van der Waals surface area (Å²) in [6.07, 6.45) is 0. The van der Waals surface area contributed by atoms with E-state index in [0.29, 0.717) is 17.0 Å². The van der Waals surface area contributed by atoms with Gasteiger partial charge in [-0.25, -0.2) is 4.98 Å². The third-order valence-corrected chi connectivity index (χ3v) is 3.52. The summed E-state index contributed by atoms with van der Waals surface area (Å²) in [6.45, 7) is 0. The second kappa shape index (κ2) is 6.76. The van der Waals surface area contributed by atoms with Crippen LogP contribution in [0.2, 0.25) is 0 Å². The minimum Gasteiger partial charge on any atom is -0.508 e. The van der Waals surface area contributed by atoms with Gasteiger partial charge in [0, 0.05) is 11.3 Å². The molecule has 0 saturated heterocycles. The topological polar surface area (TPSA) is 111 Å². The minimum absolute atomic E-state index is 0.0681. The number of hydrogen-bond acceptors (Lipinski definition) is 6. The fourth-order valence-electron chi connectivity index (χ4n) is 2.28. The predicted molar refractivity (Wildman–Crippen MR) is 93.0 cm³/mol. The van der Waals surface area contributed by atoms with Gasteiger partial charge in [0.2, 0.25) is 5.95 Å². The highest BCUT2D eigenvalue weighted by Crippen LogP contribution is 2.24. The van der Waals surface area contributed by atoms with Gasteiger partial charge in [0.25, 0.3) is 5.56 Å². The summed E-state index contributed by atoms with van der Waals surface area (Å²) in [4.78, 5) is 19.1. The maximum absolute atomic E-state index is 12.2. The first-order chi connectivity index (χ1) is 12.1. The highest BCUT2D eigenvalue weighted by molar-refractivity contribution is 5.68. The van der Waals surface area contributed by atoms with Crippen LogP contribution in [0.5, 0.6) is 11.5 Å². The van der Waals surface area contributed by atoms with Crippen molar-refractivity contribution in [2.24, 2.45) is 0 Å². The number of nitriles is 1. The number of aromatic hydroxyl groups is 1. The number of aromatic nitrogens is 2. The zero-order valence-corrected chi connectivity index (χ0v) is 13.3. The zero-order valence-electron chi connectivity index (χ0n) is 13.3. The van der Waals surface area contributed by atoms with Crippen molar-refractivity contribution in [3.8, 4) is 28.8 Å². The third kappa shape index (κ3) is 3.43. The first kappa shape index (κ1) is 16.1. The number of phenols is 1. The normalized spacial score (nSPS) is 10.1. The van der Waals surface area contributed by atoms with Crippen LogP contribution in [0.3, 0.4) is 0 Å². The molecule has 0 aliphatic heterocycles. The Bertz CT molecular complexity index is 987. The molecule has 25 heavy (non-hydrogen) atoms. The Morgan fingerprint density at radius 3 is 2.44 bits per heavy atom. The van der Waals surface area contributed by atoms with Crippen molar-refractivity contribution >= 4 is 11.6 Å². The van der Waals surface area contributed by atoms with Gasteiger partial charge < -0.3 is 15.2 Å². The quantitative estimate of drug-likeness (QED) is 0.633. The number of nitrogens with one attached hydrogen (secondary N) is 2. The Kier molecular flexibility index (Phi) is 4.35. The summed E-state index contributed by atoms with van der Waals surface area (Å²) < 4.78 is 5.11. The Hall–Kier alpha value is -3.79. The van der Waals surface area contributed by atoms with Crippen molar-refractivity contribution in [3.05, 3.63) is 64.4 Å². The number of anilines is 2. The number of aromatic amines is 1. The van der Waals surface area contributed by atoms with Gasteiger partial charge >= 0.3 is 0 Å². The largest absolute Gasteiger partial charge is 0.508 e. The summed E-state index contributed by atoms with van der Waals surface area (Å²) >= 11 is 0. The van der Waals surface area contributed by atoms with Gasteiger partial charge in [0.1, 0.15) is 23.1 Å². The molecule has 0 saturated carbocycles. The Labute approximate surface area is 143 Å². The molecule has 7 nitrogen and oxygen atoms in total. The van der Waals surface area contributed by atoms with E-state index in [9.17, 15) is 15.2 Å². The van der Waals surface area contributed by atoms with Crippen molar-refractivity contribution in [1.82, 2.24) is 9.97 Å². The number of nitrogens with zero attached hydrogens (tertiary/aromatic N) is 2. The first-order valence-electron chi connectivity index (χ1n) is 7.35. The number of methoxy groups -OCH3 is 1. The molecule has 124 valence electrons. The molecule has 3 aromatic rings.